The van der Waals surface area contributed by atoms with Crippen LogP contribution in [0.25, 0.3) is 0 Å². The maximum Gasteiger partial charge on any atom is 0.224 e. The highest BCUT2D eigenvalue weighted by atomic mass is 16.3. The number of aliphatic hydroxyl groups excluding tert-OH is 1. The summed E-state index contributed by atoms with van der Waals surface area (Å²) in [6.45, 7) is 1.96. The number of aliphatic hydroxyl groups is 1. The molecule has 1 amide bonds. The lowest BCUT2D eigenvalue weighted by atomic mass is 10.0. The predicted octanol–water partition coefficient (Wildman–Crippen LogP) is 1.60. The molecule has 1 aromatic rings. The van der Waals surface area contributed by atoms with Crippen LogP contribution in [0.15, 0.2) is 18.2 Å². The summed E-state index contributed by atoms with van der Waals surface area (Å²) in [5.41, 5.74) is 3.90. The highest BCUT2D eigenvalue weighted by molar-refractivity contribution is 5.79. The van der Waals surface area contributed by atoms with Gasteiger partial charge in [0.05, 0.1) is 19.1 Å². The molecule has 0 saturated carbocycles. The second-order valence-electron chi connectivity index (χ2n) is 4.99. The van der Waals surface area contributed by atoms with Crippen LogP contribution in [0.2, 0.25) is 0 Å². The van der Waals surface area contributed by atoms with Gasteiger partial charge in [-0.3, -0.25) is 4.79 Å². The molecule has 0 spiro atoms. The Morgan fingerprint density at radius 3 is 2.89 bits per heavy atom. The van der Waals surface area contributed by atoms with Crippen LogP contribution in [0, 0.1) is 0 Å². The van der Waals surface area contributed by atoms with Crippen molar-refractivity contribution < 1.29 is 9.90 Å². The average molecular weight is 247 g/mol. The maximum atomic E-state index is 11.8. The Balaban J connectivity index is 1.95. The van der Waals surface area contributed by atoms with E-state index in [-0.39, 0.29) is 18.6 Å². The maximum absolute atomic E-state index is 11.8. The number of benzene rings is 1. The number of hydrogen-bond donors (Lipinski definition) is 2. The molecule has 3 nitrogen and oxygen atoms in total. The van der Waals surface area contributed by atoms with E-state index in [4.69, 9.17) is 5.11 Å². The summed E-state index contributed by atoms with van der Waals surface area (Å²) in [5.74, 6) is -0.00570. The molecule has 0 saturated heterocycles. The van der Waals surface area contributed by atoms with Gasteiger partial charge in [-0.2, -0.15) is 0 Å². The standard InChI is InChI=1S/C15H21NO2/c1-2-14(10-17)16-15(18)9-11-6-7-12-4-3-5-13(12)8-11/h6-8,14,17H,2-5,9-10H2,1H3,(H,16,18)/t14-/m0/s1. The lowest BCUT2D eigenvalue weighted by molar-refractivity contribution is -0.121. The lowest BCUT2D eigenvalue weighted by Gasteiger charge is -2.14. The summed E-state index contributed by atoms with van der Waals surface area (Å²) in [6.07, 6.45) is 4.70. The van der Waals surface area contributed by atoms with Crippen molar-refractivity contribution in [3.05, 3.63) is 34.9 Å². The molecule has 2 rings (SSSR count). The monoisotopic (exact) mass is 247 g/mol. The van der Waals surface area contributed by atoms with Crippen LogP contribution in [0.3, 0.4) is 0 Å². The van der Waals surface area contributed by atoms with Crippen molar-refractivity contribution in [1.29, 1.82) is 0 Å². The van der Waals surface area contributed by atoms with E-state index in [1.165, 1.54) is 24.0 Å². The van der Waals surface area contributed by atoms with Crippen LogP contribution < -0.4 is 5.32 Å². The molecule has 0 aliphatic heterocycles. The lowest BCUT2D eigenvalue weighted by Crippen LogP contribution is -2.37. The molecule has 3 heteroatoms. The normalized spacial score (nSPS) is 15.2. The van der Waals surface area contributed by atoms with Crippen molar-refractivity contribution in [2.75, 3.05) is 6.61 Å². The molecule has 98 valence electrons. The third-order valence-corrected chi connectivity index (χ3v) is 3.61. The molecular formula is C15H21NO2. The summed E-state index contributed by atoms with van der Waals surface area (Å²) in [5, 5.41) is 11.9. The molecule has 0 aromatic heterocycles. The Hall–Kier alpha value is -1.35. The largest absolute Gasteiger partial charge is 0.394 e. The SMILES string of the molecule is CC[C@@H](CO)NC(=O)Cc1ccc2c(c1)CCC2. The highest BCUT2D eigenvalue weighted by Crippen LogP contribution is 2.22. The summed E-state index contributed by atoms with van der Waals surface area (Å²) in [6, 6.07) is 6.23. The Bertz CT molecular complexity index is 425. The number of hydrogen-bond acceptors (Lipinski definition) is 2. The van der Waals surface area contributed by atoms with Crippen LogP contribution in [-0.2, 0) is 24.1 Å². The molecule has 18 heavy (non-hydrogen) atoms. The number of fused-ring (bicyclic) bond motifs is 1. The third-order valence-electron chi connectivity index (χ3n) is 3.61. The van der Waals surface area contributed by atoms with Crippen LogP contribution in [-0.4, -0.2) is 23.7 Å². The van der Waals surface area contributed by atoms with E-state index in [1.54, 1.807) is 0 Å². The minimum Gasteiger partial charge on any atom is -0.394 e. The first-order valence-electron chi connectivity index (χ1n) is 6.73. The van der Waals surface area contributed by atoms with E-state index >= 15 is 0 Å². The van der Waals surface area contributed by atoms with E-state index < -0.39 is 0 Å². The fourth-order valence-corrected chi connectivity index (χ4v) is 2.48. The first kappa shape index (κ1) is 13.1. The van der Waals surface area contributed by atoms with Crippen molar-refractivity contribution in [3.8, 4) is 0 Å². The Labute approximate surface area is 108 Å². The van der Waals surface area contributed by atoms with Gasteiger partial charge in [0, 0.05) is 0 Å². The molecule has 1 aliphatic rings. The van der Waals surface area contributed by atoms with Gasteiger partial charge >= 0.3 is 0 Å². The van der Waals surface area contributed by atoms with Crippen molar-refractivity contribution in [2.24, 2.45) is 0 Å². The van der Waals surface area contributed by atoms with Gasteiger partial charge in [-0.15, -0.1) is 0 Å². The Kier molecular flexibility index (Phi) is 4.37. The van der Waals surface area contributed by atoms with E-state index in [9.17, 15) is 4.79 Å². The van der Waals surface area contributed by atoms with Gasteiger partial charge < -0.3 is 10.4 Å². The summed E-state index contributed by atoms with van der Waals surface area (Å²) in [7, 11) is 0. The van der Waals surface area contributed by atoms with Gasteiger partial charge in [-0.1, -0.05) is 25.1 Å². The average Bonchev–Trinajstić information content (AvgIpc) is 2.83. The van der Waals surface area contributed by atoms with Gasteiger partial charge in [0.25, 0.3) is 0 Å². The van der Waals surface area contributed by atoms with E-state index in [2.05, 4.69) is 17.4 Å². The number of aryl methyl sites for hydroxylation is 2. The second kappa shape index (κ2) is 6.01. The molecule has 0 radical (unpaired) electrons. The quantitative estimate of drug-likeness (QED) is 0.830. The molecule has 0 unspecified atom stereocenters. The number of carbonyl (C=O) groups is 1. The van der Waals surface area contributed by atoms with Crippen molar-refractivity contribution in [3.63, 3.8) is 0 Å². The smallest absolute Gasteiger partial charge is 0.224 e. The summed E-state index contributed by atoms with van der Waals surface area (Å²) in [4.78, 5) is 11.8. The fraction of sp³-hybridized carbons (Fsp3) is 0.533. The van der Waals surface area contributed by atoms with Crippen LogP contribution >= 0.6 is 0 Å². The zero-order valence-corrected chi connectivity index (χ0v) is 10.9. The number of rotatable bonds is 5. The second-order valence-corrected chi connectivity index (χ2v) is 4.99. The molecule has 1 aromatic carbocycles. The van der Waals surface area contributed by atoms with Gasteiger partial charge in [0.2, 0.25) is 5.91 Å². The van der Waals surface area contributed by atoms with Crippen molar-refractivity contribution in [1.82, 2.24) is 5.32 Å². The van der Waals surface area contributed by atoms with Gasteiger partial charge in [0.15, 0.2) is 0 Å². The van der Waals surface area contributed by atoms with E-state index in [0.29, 0.717) is 6.42 Å². The zero-order chi connectivity index (χ0) is 13.0. The minimum atomic E-state index is -0.119. The summed E-state index contributed by atoms with van der Waals surface area (Å²) >= 11 is 0. The van der Waals surface area contributed by atoms with Crippen LogP contribution in [0.4, 0.5) is 0 Å². The van der Waals surface area contributed by atoms with Crippen LogP contribution in [0.1, 0.15) is 36.5 Å². The van der Waals surface area contributed by atoms with E-state index in [1.807, 2.05) is 13.0 Å². The third kappa shape index (κ3) is 3.10. The minimum absolute atomic E-state index is 0.00570. The number of carbonyl (C=O) groups excluding carboxylic acids is 1. The Morgan fingerprint density at radius 1 is 1.39 bits per heavy atom. The predicted molar refractivity (Wildman–Crippen MR) is 71.5 cm³/mol. The fourth-order valence-electron chi connectivity index (χ4n) is 2.48. The van der Waals surface area contributed by atoms with Gasteiger partial charge in [-0.25, -0.2) is 0 Å². The highest BCUT2D eigenvalue weighted by Gasteiger charge is 2.13. The molecule has 1 atom stereocenters. The zero-order valence-electron chi connectivity index (χ0n) is 10.9. The molecular weight excluding hydrogens is 226 g/mol. The van der Waals surface area contributed by atoms with Crippen molar-refractivity contribution in [2.45, 2.75) is 45.1 Å². The molecule has 0 fully saturated rings. The first-order chi connectivity index (χ1) is 8.72. The van der Waals surface area contributed by atoms with E-state index in [0.717, 1.165) is 18.4 Å². The summed E-state index contributed by atoms with van der Waals surface area (Å²) < 4.78 is 0. The molecule has 2 N–H and O–H groups in total. The molecule has 0 heterocycles. The Morgan fingerprint density at radius 2 is 2.17 bits per heavy atom. The van der Waals surface area contributed by atoms with Gasteiger partial charge in [-0.05, 0) is 42.4 Å². The molecule has 0 bridgehead atoms. The number of nitrogens with one attached hydrogen (secondary N) is 1. The first-order valence-corrected chi connectivity index (χ1v) is 6.73. The van der Waals surface area contributed by atoms with Gasteiger partial charge in [0.1, 0.15) is 0 Å². The van der Waals surface area contributed by atoms with Crippen LogP contribution in [0.5, 0.6) is 0 Å². The number of amides is 1. The van der Waals surface area contributed by atoms with Crippen molar-refractivity contribution >= 4 is 5.91 Å². The molecule has 1 aliphatic carbocycles. The topological polar surface area (TPSA) is 49.3 Å².